The van der Waals surface area contributed by atoms with E-state index in [1.165, 1.54) is 5.56 Å². The second kappa shape index (κ2) is 8.96. The molecule has 0 unspecified atom stereocenters. The van der Waals surface area contributed by atoms with Crippen LogP contribution in [-0.4, -0.2) is 31.8 Å². The van der Waals surface area contributed by atoms with Crippen LogP contribution in [0, 0.1) is 0 Å². The molecule has 0 aliphatic heterocycles. The van der Waals surface area contributed by atoms with Crippen LogP contribution in [0.5, 0.6) is 5.75 Å². The summed E-state index contributed by atoms with van der Waals surface area (Å²) in [4.78, 5) is 4.22. The summed E-state index contributed by atoms with van der Waals surface area (Å²) in [5.41, 5.74) is 2.13. The molecule has 0 amide bonds. The highest BCUT2D eigenvalue weighted by Crippen LogP contribution is 2.17. The normalized spacial score (nSPS) is 11.6. The minimum atomic E-state index is 0.362. The number of ether oxygens (including phenoxy) is 1. The predicted molar refractivity (Wildman–Crippen MR) is 95.5 cm³/mol. The molecule has 0 atom stereocenters. The van der Waals surface area contributed by atoms with E-state index in [0.717, 1.165) is 36.1 Å². The number of benzene rings is 1. The van der Waals surface area contributed by atoms with E-state index in [1.54, 1.807) is 14.2 Å². The Morgan fingerprint density at radius 1 is 1.29 bits per heavy atom. The molecule has 0 saturated heterocycles. The molecule has 2 aromatic rings. The first-order chi connectivity index (χ1) is 11.6. The van der Waals surface area contributed by atoms with Crippen molar-refractivity contribution in [3.8, 4) is 5.75 Å². The molecule has 0 spiro atoms. The maximum absolute atomic E-state index is 5.36. The molecule has 1 aromatic heterocycles. The first-order valence-electron chi connectivity index (χ1n) is 8.16. The quantitative estimate of drug-likeness (QED) is 0.603. The van der Waals surface area contributed by atoms with Crippen LogP contribution in [-0.2, 0) is 13.0 Å². The fourth-order valence-electron chi connectivity index (χ4n) is 2.30. The second-order valence-corrected chi connectivity index (χ2v) is 5.79. The van der Waals surface area contributed by atoms with Crippen molar-refractivity contribution in [1.29, 1.82) is 0 Å². The van der Waals surface area contributed by atoms with Gasteiger partial charge in [0.2, 0.25) is 0 Å². The number of aromatic nitrogens is 1. The summed E-state index contributed by atoms with van der Waals surface area (Å²) in [6, 6.07) is 10.00. The predicted octanol–water partition coefficient (Wildman–Crippen LogP) is 2.71. The first-order valence-corrected chi connectivity index (χ1v) is 8.16. The maximum Gasteiger partial charge on any atom is 0.191 e. The van der Waals surface area contributed by atoms with Crippen molar-refractivity contribution in [3.63, 3.8) is 0 Å². The first kappa shape index (κ1) is 17.8. The average molecular weight is 330 g/mol. The zero-order chi connectivity index (χ0) is 17.4. The molecule has 6 nitrogen and oxygen atoms in total. The topological polar surface area (TPSA) is 71.7 Å². The second-order valence-electron chi connectivity index (χ2n) is 5.79. The summed E-state index contributed by atoms with van der Waals surface area (Å²) in [5.74, 6) is 2.80. The van der Waals surface area contributed by atoms with E-state index in [-0.39, 0.29) is 0 Å². The molecule has 1 aromatic carbocycles. The van der Waals surface area contributed by atoms with E-state index in [2.05, 4.69) is 40.7 Å². The van der Waals surface area contributed by atoms with Crippen molar-refractivity contribution < 1.29 is 9.26 Å². The van der Waals surface area contributed by atoms with Gasteiger partial charge in [-0.3, -0.25) is 4.99 Å². The van der Waals surface area contributed by atoms with E-state index in [0.29, 0.717) is 12.5 Å². The Kier molecular flexibility index (Phi) is 6.66. The molecule has 0 fully saturated rings. The molecular formula is C18H26N4O2. The summed E-state index contributed by atoms with van der Waals surface area (Å²) in [6.45, 7) is 5.49. The molecule has 2 rings (SSSR count). The number of nitrogens with one attached hydrogen (secondary N) is 2. The molecule has 2 N–H and O–H groups in total. The molecule has 130 valence electrons. The van der Waals surface area contributed by atoms with Crippen molar-refractivity contribution >= 4 is 5.96 Å². The fourth-order valence-corrected chi connectivity index (χ4v) is 2.30. The molecule has 0 aliphatic carbocycles. The van der Waals surface area contributed by atoms with E-state index >= 15 is 0 Å². The van der Waals surface area contributed by atoms with Crippen molar-refractivity contribution in [3.05, 3.63) is 47.3 Å². The monoisotopic (exact) mass is 330 g/mol. The van der Waals surface area contributed by atoms with Crippen molar-refractivity contribution in [2.45, 2.75) is 32.7 Å². The minimum Gasteiger partial charge on any atom is -0.496 e. The van der Waals surface area contributed by atoms with Crippen LogP contribution in [0.25, 0.3) is 0 Å². The summed E-state index contributed by atoms with van der Waals surface area (Å²) >= 11 is 0. The Bertz CT molecular complexity index is 665. The van der Waals surface area contributed by atoms with Crippen molar-refractivity contribution in [1.82, 2.24) is 15.8 Å². The standard InChI is InChI=1S/C18H26N4O2/c1-13(2)16-11-15(24-22-16)12-21-18(19-3)20-10-9-14-7-5-6-8-17(14)23-4/h5-8,11,13H,9-10,12H2,1-4H3,(H2,19,20,21). The summed E-state index contributed by atoms with van der Waals surface area (Å²) in [6.07, 6.45) is 0.852. The summed E-state index contributed by atoms with van der Waals surface area (Å²) < 4.78 is 10.7. The summed E-state index contributed by atoms with van der Waals surface area (Å²) in [7, 11) is 3.44. The molecule has 6 heteroatoms. The number of hydrogen-bond acceptors (Lipinski definition) is 4. The third-order valence-corrected chi connectivity index (χ3v) is 3.70. The van der Waals surface area contributed by atoms with Crippen LogP contribution >= 0.6 is 0 Å². The van der Waals surface area contributed by atoms with Gasteiger partial charge in [-0.2, -0.15) is 0 Å². The van der Waals surface area contributed by atoms with E-state index < -0.39 is 0 Å². The molecular weight excluding hydrogens is 304 g/mol. The largest absolute Gasteiger partial charge is 0.496 e. The Balaban J connectivity index is 1.80. The van der Waals surface area contributed by atoms with Gasteiger partial charge in [0.15, 0.2) is 11.7 Å². The van der Waals surface area contributed by atoms with Gasteiger partial charge >= 0.3 is 0 Å². The Morgan fingerprint density at radius 3 is 2.75 bits per heavy atom. The molecule has 1 heterocycles. The lowest BCUT2D eigenvalue weighted by Gasteiger charge is -2.12. The Labute approximate surface area is 143 Å². The number of guanidine groups is 1. The van der Waals surface area contributed by atoms with Gasteiger partial charge in [-0.15, -0.1) is 0 Å². The Hall–Kier alpha value is -2.50. The van der Waals surface area contributed by atoms with Crippen LogP contribution in [0.1, 0.15) is 36.8 Å². The number of aliphatic imine (C=N–C) groups is 1. The highest BCUT2D eigenvalue weighted by Gasteiger charge is 2.08. The zero-order valence-corrected chi connectivity index (χ0v) is 14.8. The number of rotatable bonds is 7. The van der Waals surface area contributed by atoms with Gasteiger partial charge in [0.25, 0.3) is 0 Å². The lowest BCUT2D eigenvalue weighted by molar-refractivity contribution is 0.372. The molecule has 0 radical (unpaired) electrons. The number of para-hydroxylation sites is 1. The van der Waals surface area contributed by atoms with Crippen LogP contribution in [0.4, 0.5) is 0 Å². The molecule has 0 aliphatic rings. The lowest BCUT2D eigenvalue weighted by atomic mass is 10.1. The van der Waals surface area contributed by atoms with Gasteiger partial charge in [-0.05, 0) is 24.0 Å². The zero-order valence-electron chi connectivity index (χ0n) is 14.8. The van der Waals surface area contributed by atoms with Gasteiger partial charge in [-0.25, -0.2) is 0 Å². The van der Waals surface area contributed by atoms with Gasteiger partial charge in [0.1, 0.15) is 5.75 Å². The smallest absolute Gasteiger partial charge is 0.191 e. The molecule has 0 saturated carbocycles. The van der Waals surface area contributed by atoms with Crippen molar-refractivity contribution in [2.24, 2.45) is 4.99 Å². The average Bonchev–Trinajstić information content (AvgIpc) is 3.07. The van der Waals surface area contributed by atoms with Crippen LogP contribution in [0.2, 0.25) is 0 Å². The summed E-state index contributed by atoms with van der Waals surface area (Å²) in [5, 5.41) is 10.6. The van der Waals surface area contributed by atoms with Crippen LogP contribution in [0.3, 0.4) is 0 Å². The highest BCUT2D eigenvalue weighted by atomic mass is 16.5. The lowest BCUT2D eigenvalue weighted by Crippen LogP contribution is -2.37. The van der Waals surface area contributed by atoms with E-state index in [4.69, 9.17) is 9.26 Å². The van der Waals surface area contributed by atoms with Gasteiger partial charge < -0.3 is 19.9 Å². The maximum atomic E-state index is 5.36. The van der Waals surface area contributed by atoms with Gasteiger partial charge in [0.05, 0.1) is 19.3 Å². The number of hydrogen-bond donors (Lipinski definition) is 2. The van der Waals surface area contributed by atoms with E-state index in [1.807, 2.05) is 24.3 Å². The SMILES string of the molecule is CN=C(NCCc1ccccc1OC)NCc1cc(C(C)C)no1. The third kappa shape index (κ3) is 5.01. The third-order valence-electron chi connectivity index (χ3n) is 3.70. The minimum absolute atomic E-state index is 0.362. The van der Waals surface area contributed by atoms with Crippen LogP contribution in [0.15, 0.2) is 39.8 Å². The van der Waals surface area contributed by atoms with E-state index in [9.17, 15) is 0 Å². The Morgan fingerprint density at radius 2 is 2.08 bits per heavy atom. The van der Waals surface area contributed by atoms with Gasteiger partial charge in [-0.1, -0.05) is 37.2 Å². The van der Waals surface area contributed by atoms with Crippen LogP contribution < -0.4 is 15.4 Å². The highest BCUT2D eigenvalue weighted by molar-refractivity contribution is 5.79. The molecule has 24 heavy (non-hydrogen) atoms. The number of methoxy groups -OCH3 is 1. The fraction of sp³-hybridized carbons (Fsp3) is 0.444. The number of nitrogens with zero attached hydrogens (tertiary/aromatic N) is 2. The van der Waals surface area contributed by atoms with Crippen molar-refractivity contribution in [2.75, 3.05) is 20.7 Å². The molecule has 0 bridgehead atoms. The van der Waals surface area contributed by atoms with Gasteiger partial charge in [0, 0.05) is 19.7 Å².